The Labute approximate surface area is 120 Å². The quantitative estimate of drug-likeness (QED) is 0.909. The van der Waals surface area contributed by atoms with Gasteiger partial charge in [0.15, 0.2) is 5.82 Å². The monoisotopic (exact) mass is 286 g/mol. The van der Waals surface area contributed by atoms with Gasteiger partial charge in [0.1, 0.15) is 0 Å². The van der Waals surface area contributed by atoms with Crippen LogP contribution in [0.4, 0.5) is 0 Å². The predicted molar refractivity (Wildman–Crippen MR) is 71.0 cm³/mol. The van der Waals surface area contributed by atoms with Gasteiger partial charge in [0.05, 0.1) is 25.2 Å². The lowest BCUT2D eigenvalue weighted by atomic mass is 10.1. The molecule has 1 aliphatic carbocycles. The van der Waals surface area contributed by atoms with E-state index in [4.69, 9.17) is 4.74 Å². The van der Waals surface area contributed by atoms with Crippen molar-refractivity contribution in [2.75, 3.05) is 0 Å². The van der Waals surface area contributed by atoms with Gasteiger partial charge in [-0.3, -0.25) is 4.79 Å². The van der Waals surface area contributed by atoms with Crippen LogP contribution in [-0.2, 0) is 29.3 Å². The van der Waals surface area contributed by atoms with E-state index >= 15 is 0 Å². The van der Waals surface area contributed by atoms with Crippen LogP contribution in [-0.4, -0.2) is 31.3 Å². The summed E-state index contributed by atoms with van der Waals surface area (Å²) >= 11 is 0. The van der Waals surface area contributed by atoms with Gasteiger partial charge in [-0.05, 0) is 40.5 Å². The Morgan fingerprint density at radius 2 is 2.14 bits per heavy atom. The van der Waals surface area contributed by atoms with Gasteiger partial charge >= 0.3 is 5.97 Å². The molecule has 0 unspecified atom stereocenters. The number of rotatable bonds is 4. The van der Waals surface area contributed by atoms with Crippen LogP contribution in [0.15, 0.2) is 18.2 Å². The van der Waals surface area contributed by atoms with Crippen LogP contribution in [0.3, 0.4) is 0 Å². The predicted octanol–water partition coefficient (Wildman–Crippen LogP) is 1.24. The zero-order chi connectivity index (χ0) is 14.4. The number of hydrogen-bond donors (Lipinski definition) is 1. The first-order valence-electron chi connectivity index (χ1n) is 6.87. The summed E-state index contributed by atoms with van der Waals surface area (Å²) in [5.41, 5.74) is 2.53. The maximum atomic E-state index is 11.3. The Bertz CT molecular complexity index is 721. The smallest absolute Gasteiger partial charge is 0.311 e. The summed E-state index contributed by atoms with van der Waals surface area (Å²) in [5.74, 6) is -0.163. The van der Waals surface area contributed by atoms with Crippen molar-refractivity contribution in [3.05, 3.63) is 29.3 Å². The number of benzene rings is 1. The van der Waals surface area contributed by atoms with Gasteiger partial charge in [-0.15, -0.1) is 5.10 Å². The highest BCUT2D eigenvalue weighted by molar-refractivity contribution is 5.77. The number of carboxylic acid groups (broad SMARTS) is 1. The highest BCUT2D eigenvalue weighted by Gasteiger charge is 2.51. The summed E-state index contributed by atoms with van der Waals surface area (Å²) in [6, 6.07) is 5.99. The van der Waals surface area contributed by atoms with Crippen LogP contribution in [0.2, 0.25) is 0 Å². The Morgan fingerprint density at radius 3 is 2.90 bits per heavy atom. The summed E-state index contributed by atoms with van der Waals surface area (Å²) in [6.45, 7) is 1.56. The van der Waals surface area contributed by atoms with Crippen molar-refractivity contribution in [1.82, 2.24) is 20.2 Å². The van der Waals surface area contributed by atoms with Crippen molar-refractivity contribution in [3.8, 4) is 11.4 Å². The average molecular weight is 286 g/mol. The molecule has 1 aromatic heterocycles. The van der Waals surface area contributed by atoms with E-state index in [0.717, 1.165) is 11.1 Å². The van der Waals surface area contributed by atoms with E-state index in [0.29, 0.717) is 38.4 Å². The molecule has 0 atom stereocenters. The van der Waals surface area contributed by atoms with Crippen LogP contribution < -0.4 is 0 Å². The number of nitrogens with zero attached hydrogens (tertiary/aromatic N) is 4. The number of aliphatic carboxylic acids is 1. The molecule has 1 saturated carbocycles. The van der Waals surface area contributed by atoms with Crippen LogP contribution in [0.25, 0.3) is 11.4 Å². The Morgan fingerprint density at radius 1 is 1.33 bits per heavy atom. The van der Waals surface area contributed by atoms with Gasteiger partial charge in [0.2, 0.25) is 0 Å². The normalized spacial score (nSPS) is 18.5. The lowest BCUT2D eigenvalue weighted by Crippen LogP contribution is -2.22. The highest BCUT2D eigenvalue weighted by atomic mass is 16.5. The van der Waals surface area contributed by atoms with Crippen LogP contribution in [0.1, 0.15) is 24.0 Å². The number of tetrazole rings is 1. The fraction of sp³-hybridized carbons (Fsp3) is 0.429. The zero-order valence-electron chi connectivity index (χ0n) is 11.3. The fourth-order valence-electron chi connectivity index (χ4n) is 2.71. The van der Waals surface area contributed by atoms with Gasteiger partial charge in [-0.2, -0.15) is 0 Å². The first kappa shape index (κ1) is 12.5. The fourth-order valence-corrected chi connectivity index (χ4v) is 2.71. The molecule has 0 bridgehead atoms. The minimum Gasteiger partial charge on any atom is -0.481 e. The van der Waals surface area contributed by atoms with Gasteiger partial charge in [0, 0.05) is 5.56 Å². The Hall–Kier alpha value is -2.28. The summed E-state index contributed by atoms with van der Waals surface area (Å²) in [5, 5.41) is 21.0. The van der Waals surface area contributed by atoms with Crippen molar-refractivity contribution in [2.45, 2.75) is 32.6 Å². The number of hydrogen-bond acceptors (Lipinski definition) is 5. The van der Waals surface area contributed by atoms with E-state index in [1.165, 1.54) is 5.56 Å². The molecule has 1 fully saturated rings. The summed E-state index contributed by atoms with van der Waals surface area (Å²) < 4.78 is 7.00. The summed E-state index contributed by atoms with van der Waals surface area (Å²) in [6.07, 6.45) is 1.36. The molecular weight excluding hydrogens is 272 g/mol. The molecule has 2 aromatic rings. The second-order valence-corrected chi connectivity index (χ2v) is 5.72. The van der Waals surface area contributed by atoms with Gasteiger partial charge in [-0.25, -0.2) is 4.68 Å². The number of carboxylic acids is 1. The third kappa shape index (κ3) is 2.01. The minimum absolute atomic E-state index is 0.318. The largest absolute Gasteiger partial charge is 0.481 e. The molecule has 2 aliphatic rings. The maximum Gasteiger partial charge on any atom is 0.311 e. The van der Waals surface area contributed by atoms with Gasteiger partial charge < -0.3 is 9.84 Å². The van der Waals surface area contributed by atoms with E-state index in [1.807, 2.05) is 18.2 Å². The number of carbonyl (C=O) groups is 1. The molecule has 7 nitrogen and oxygen atoms in total. The second-order valence-electron chi connectivity index (χ2n) is 5.72. The number of ether oxygens (including phenoxy) is 1. The van der Waals surface area contributed by atoms with Gasteiger partial charge in [0.25, 0.3) is 0 Å². The van der Waals surface area contributed by atoms with Crippen LogP contribution in [0, 0.1) is 5.41 Å². The minimum atomic E-state index is -0.772. The summed E-state index contributed by atoms with van der Waals surface area (Å²) in [4.78, 5) is 11.3. The third-order valence-corrected chi connectivity index (χ3v) is 4.27. The van der Waals surface area contributed by atoms with Crippen molar-refractivity contribution < 1.29 is 14.6 Å². The molecule has 4 rings (SSSR count). The van der Waals surface area contributed by atoms with Gasteiger partial charge in [-0.1, -0.05) is 12.1 Å². The Balaban J connectivity index is 1.67. The molecule has 108 valence electrons. The number of aromatic nitrogens is 4. The number of fused-ring (bicyclic) bond motifs is 1. The molecule has 0 radical (unpaired) electrons. The van der Waals surface area contributed by atoms with Crippen molar-refractivity contribution >= 4 is 5.97 Å². The van der Waals surface area contributed by atoms with E-state index in [1.54, 1.807) is 4.68 Å². The third-order valence-electron chi connectivity index (χ3n) is 4.27. The van der Waals surface area contributed by atoms with Crippen molar-refractivity contribution in [2.24, 2.45) is 5.41 Å². The Kier molecular flexibility index (Phi) is 2.58. The summed E-state index contributed by atoms with van der Waals surface area (Å²) in [7, 11) is 0. The lowest BCUT2D eigenvalue weighted by Gasteiger charge is -2.11. The molecular formula is C14H14N4O3. The van der Waals surface area contributed by atoms with Crippen molar-refractivity contribution in [3.63, 3.8) is 0 Å². The first-order valence-corrected chi connectivity index (χ1v) is 6.87. The molecule has 1 N–H and O–H groups in total. The standard InChI is InChI=1S/C14H14N4O3/c19-13(20)14(3-4-14)8-18-12(15-16-17-18)9-1-2-10-6-21-7-11(10)5-9/h1-2,5H,3-4,6-8H2,(H,19,20). The zero-order valence-corrected chi connectivity index (χ0v) is 11.3. The molecule has 0 amide bonds. The molecule has 1 aliphatic heterocycles. The van der Waals surface area contributed by atoms with Crippen LogP contribution >= 0.6 is 0 Å². The lowest BCUT2D eigenvalue weighted by molar-refractivity contribution is -0.144. The molecule has 2 heterocycles. The van der Waals surface area contributed by atoms with Crippen molar-refractivity contribution in [1.29, 1.82) is 0 Å². The topological polar surface area (TPSA) is 90.1 Å². The molecule has 1 aromatic carbocycles. The van der Waals surface area contributed by atoms with Crippen LogP contribution in [0.5, 0.6) is 0 Å². The van der Waals surface area contributed by atoms with E-state index in [9.17, 15) is 9.90 Å². The molecule has 0 spiro atoms. The van der Waals surface area contributed by atoms with E-state index < -0.39 is 11.4 Å². The molecule has 7 heteroatoms. The second kappa shape index (κ2) is 4.36. The van der Waals surface area contributed by atoms with E-state index in [2.05, 4.69) is 15.5 Å². The average Bonchev–Trinajstić information content (AvgIpc) is 2.91. The molecule has 0 saturated heterocycles. The van der Waals surface area contributed by atoms with E-state index in [-0.39, 0.29) is 0 Å². The SMILES string of the molecule is O=C(O)C1(Cn2nnnc2-c2ccc3c(c2)COC3)CC1. The first-order chi connectivity index (χ1) is 10.2. The highest BCUT2D eigenvalue weighted by Crippen LogP contribution is 2.47. The molecule has 21 heavy (non-hydrogen) atoms. The maximum absolute atomic E-state index is 11.3.